The average Bonchev–Trinajstić information content (AvgIpc) is 3.20. The fourth-order valence-corrected chi connectivity index (χ4v) is 6.97. The Hall–Kier alpha value is -2.78. The zero-order valence-electron chi connectivity index (χ0n) is 22.3. The van der Waals surface area contributed by atoms with E-state index in [0.29, 0.717) is 34.8 Å². The highest BCUT2D eigenvalue weighted by molar-refractivity contribution is 7.17. The van der Waals surface area contributed by atoms with E-state index >= 15 is 0 Å². The number of nitro benzene ring substituents is 1. The molecule has 0 bridgehead atoms. The first-order valence-electron chi connectivity index (χ1n) is 13.3. The van der Waals surface area contributed by atoms with Crippen molar-refractivity contribution in [3.05, 3.63) is 50.4 Å². The Morgan fingerprint density at radius 3 is 2.68 bits per heavy atom. The third kappa shape index (κ3) is 6.38. The molecular weight excluding hydrogens is 488 g/mol. The maximum Gasteiger partial charge on any atom is 0.271 e. The lowest BCUT2D eigenvalue weighted by atomic mass is 9.72. The number of carbonyl (C=O) groups excluding carboxylic acids is 2. The Bertz CT molecular complexity index is 1170. The van der Waals surface area contributed by atoms with Crippen LogP contribution in [0.3, 0.4) is 0 Å². The van der Waals surface area contributed by atoms with Crippen LogP contribution in [0.4, 0.5) is 16.4 Å². The number of hydrogen-bond donors (Lipinski definition) is 2. The van der Waals surface area contributed by atoms with Crippen molar-refractivity contribution in [2.24, 2.45) is 11.3 Å². The zero-order chi connectivity index (χ0) is 26.7. The quantitative estimate of drug-likeness (QED) is 0.327. The van der Waals surface area contributed by atoms with E-state index in [9.17, 15) is 19.7 Å². The van der Waals surface area contributed by atoms with Crippen molar-refractivity contribution in [1.29, 1.82) is 0 Å². The molecule has 0 saturated carbocycles. The van der Waals surface area contributed by atoms with Gasteiger partial charge in [0.25, 0.3) is 11.6 Å². The average molecular weight is 527 g/mol. The molecule has 8 nitrogen and oxygen atoms in total. The molecule has 4 rings (SSSR count). The highest BCUT2D eigenvalue weighted by Crippen LogP contribution is 2.44. The Labute approximate surface area is 223 Å². The summed E-state index contributed by atoms with van der Waals surface area (Å²) in [5, 5.41) is 17.7. The Kier molecular flexibility index (Phi) is 8.33. The van der Waals surface area contributed by atoms with Crippen LogP contribution in [0.15, 0.2) is 24.3 Å². The lowest BCUT2D eigenvalue weighted by Crippen LogP contribution is -2.43. The number of amides is 2. The van der Waals surface area contributed by atoms with E-state index in [2.05, 4.69) is 43.2 Å². The van der Waals surface area contributed by atoms with Gasteiger partial charge in [-0.05, 0) is 68.0 Å². The van der Waals surface area contributed by atoms with Gasteiger partial charge in [0.05, 0.1) is 17.0 Å². The molecule has 1 saturated heterocycles. The van der Waals surface area contributed by atoms with Gasteiger partial charge in [0.15, 0.2) is 0 Å². The van der Waals surface area contributed by atoms with Crippen molar-refractivity contribution < 1.29 is 14.5 Å². The summed E-state index contributed by atoms with van der Waals surface area (Å²) >= 11 is 1.51. The Morgan fingerprint density at radius 2 is 1.97 bits per heavy atom. The van der Waals surface area contributed by atoms with Gasteiger partial charge in [-0.3, -0.25) is 24.6 Å². The van der Waals surface area contributed by atoms with E-state index in [-0.39, 0.29) is 22.9 Å². The third-order valence-corrected chi connectivity index (χ3v) is 9.02. The van der Waals surface area contributed by atoms with Crippen LogP contribution in [-0.4, -0.2) is 40.8 Å². The molecule has 2 aliphatic rings. The van der Waals surface area contributed by atoms with Crippen molar-refractivity contribution in [3.8, 4) is 0 Å². The van der Waals surface area contributed by atoms with Crippen LogP contribution in [0, 0.1) is 21.4 Å². The van der Waals surface area contributed by atoms with Gasteiger partial charge >= 0.3 is 0 Å². The smallest absolute Gasteiger partial charge is 0.271 e. The number of hydrogen-bond acceptors (Lipinski definition) is 6. The van der Waals surface area contributed by atoms with Gasteiger partial charge in [-0.25, -0.2) is 0 Å². The van der Waals surface area contributed by atoms with Crippen molar-refractivity contribution in [2.45, 2.75) is 78.7 Å². The summed E-state index contributed by atoms with van der Waals surface area (Å²) in [7, 11) is 0. The minimum atomic E-state index is -0.482. The summed E-state index contributed by atoms with van der Waals surface area (Å²) in [5.74, 6) is 0.0520. The summed E-state index contributed by atoms with van der Waals surface area (Å²) in [6.07, 6.45) is 7.05. The second-order valence-electron chi connectivity index (χ2n) is 11.4. The normalized spacial score (nSPS) is 20.2. The van der Waals surface area contributed by atoms with Gasteiger partial charge in [0.1, 0.15) is 5.00 Å². The molecule has 2 atom stereocenters. The number of likely N-dealkylation sites (tertiary alicyclic amines) is 1. The van der Waals surface area contributed by atoms with Gasteiger partial charge in [-0.1, -0.05) is 40.2 Å². The van der Waals surface area contributed by atoms with Crippen LogP contribution in [0.2, 0.25) is 0 Å². The molecule has 1 fully saturated rings. The number of rotatable bonds is 7. The van der Waals surface area contributed by atoms with E-state index < -0.39 is 4.92 Å². The third-order valence-electron chi connectivity index (χ3n) is 7.85. The zero-order valence-corrected chi connectivity index (χ0v) is 23.1. The number of nitrogens with zero attached hydrogens (tertiary/aromatic N) is 2. The number of piperidine rings is 1. The van der Waals surface area contributed by atoms with Crippen molar-refractivity contribution >= 4 is 39.5 Å². The maximum absolute atomic E-state index is 13.6. The fraction of sp³-hybridized carbons (Fsp3) is 0.571. The number of benzene rings is 1. The number of fused-ring (bicyclic) bond motifs is 1. The predicted octanol–water partition coefficient (Wildman–Crippen LogP) is 6.26. The lowest BCUT2D eigenvalue weighted by molar-refractivity contribution is -0.384. The molecule has 9 heteroatoms. The lowest BCUT2D eigenvalue weighted by Gasteiger charge is -2.34. The minimum absolute atomic E-state index is 0.0845. The van der Waals surface area contributed by atoms with Crippen molar-refractivity contribution in [3.63, 3.8) is 0 Å². The van der Waals surface area contributed by atoms with Gasteiger partial charge in [0, 0.05) is 28.7 Å². The number of non-ortho nitro benzene ring substituents is 1. The van der Waals surface area contributed by atoms with E-state index in [1.54, 1.807) is 12.1 Å². The molecule has 200 valence electrons. The second-order valence-corrected chi connectivity index (χ2v) is 12.5. The molecule has 1 aromatic heterocycles. The Balaban J connectivity index is 1.60. The molecule has 2 aromatic rings. The van der Waals surface area contributed by atoms with E-state index in [1.165, 1.54) is 29.9 Å². The monoisotopic (exact) mass is 526 g/mol. The van der Waals surface area contributed by atoms with Crippen LogP contribution in [-0.2, 0) is 17.6 Å². The topological polar surface area (TPSA) is 105 Å². The molecule has 1 aliphatic carbocycles. The molecule has 2 amide bonds. The first-order chi connectivity index (χ1) is 17.6. The number of nitrogens with one attached hydrogen (secondary N) is 2. The molecule has 0 unspecified atom stereocenters. The highest BCUT2D eigenvalue weighted by Gasteiger charge is 2.34. The van der Waals surface area contributed by atoms with Crippen LogP contribution in [0.1, 0.15) is 80.6 Å². The summed E-state index contributed by atoms with van der Waals surface area (Å²) < 4.78 is 0. The van der Waals surface area contributed by atoms with Gasteiger partial charge in [-0.15, -0.1) is 11.3 Å². The number of anilines is 2. The van der Waals surface area contributed by atoms with Gasteiger partial charge < -0.3 is 10.6 Å². The van der Waals surface area contributed by atoms with Crippen molar-refractivity contribution in [2.75, 3.05) is 23.7 Å². The first-order valence-corrected chi connectivity index (χ1v) is 14.1. The molecule has 1 aromatic carbocycles. The van der Waals surface area contributed by atoms with E-state index in [0.717, 1.165) is 55.5 Å². The number of thiophene rings is 1. The summed E-state index contributed by atoms with van der Waals surface area (Å²) in [6.45, 7) is 10.1. The fourth-order valence-electron chi connectivity index (χ4n) is 5.63. The Morgan fingerprint density at radius 1 is 1.19 bits per heavy atom. The number of carbonyl (C=O) groups is 2. The second kappa shape index (κ2) is 11.3. The molecule has 37 heavy (non-hydrogen) atoms. The van der Waals surface area contributed by atoms with Crippen molar-refractivity contribution in [1.82, 2.24) is 4.90 Å². The molecule has 2 heterocycles. The largest absolute Gasteiger partial charge is 0.322 e. The van der Waals surface area contributed by atoms with Crippen LogP contribution >= 0.6 is 11.3 Å². The van der Waals surface area contributed by atoms with E-state index in [4.69, 9.17) is 0 Å². The number of nitro groups is 1. The first kappa shape index (κ1) is 27.3. The van der Waals surface area contributed by atoms with Crippen LogP contribution in [0.25, 0.3) is 0 Å². The van der Waals surface area contributed by atoms with Gasteiger partial charge in [-0.2, -0.15) is 0 Å². The maximum atomic E-state index is 13.6. The molecule has 0 radical (unpaired) electrons. The van der Waals surface area contributed by atoms with E-state index in [1.807, 2.05) is 0 Å². The van der Waals surface area contributed by atoms with Crippen LogP contribution in [0.5, 0.6) is 0 Å². The SMILES string of the molecule is CC[C@H]1CCCCN1CC(=O)Nc1sc2c(c1C(=O)Nc1cccc([N+](=O)[O-])c1)CC[C@H](C(C)(C)C)C2. The summed E-state index contributed by atoms with van der Waals surface area (Å²) in [4.78, 5) is 40.9. The van der Waals surface area contributed by atoms with Gasteiger partial charge in [0.2, 0.25) is 5.91 Å². The summed E-state index contributed by atoms with van der Waals surface area (Å²) in [5.41, 5.74) is 1.92. The molecular formula is C28H38N4O4S. The minimum Gasteiger partial charge on any atom is -0.322 e. The standard InChI is InChI=1S/C28H38N4O4S/c1-5-20-10-6-7-14-31(20)17-24(33)30-27-25(22-13-12-18(28(2,3)4)15-23(22)37-27)26(34)29-19-9-8-11-21(16-19)32(35)36/h8-9,11,16,18,20H,5-7,10,12-15,17H2,1-4H3,(H,29,34)(H,30,33)/t18-,20-/m0/s1. The molecule has 2 N–H and O–H groups in total. The highest BCUT2D eigenvalue weighted by atomic mass is 32.1. The molecule has 1 aliphatic heterocycles. The van der Waals surface area contributed by atoms with Crippen LogP contribution < -0.4 is 10.6 Å². The summed E-state index contributed by atoms with van der Waals surface area (Å²) in [6, 6.07) is 6.35. The predicted molar refractivity (Wildman–Crippen MR) is 148 cm³/mol. The molecule has 0 spiro atoms.